The van der Waals surface area contributed by atoms with Gasteiger partial charge in [-0.1, -0.05) is 39.7 Å². The normalized spacial score (nSPS) is 29.8. The molecule has 0 radical (unpaired) electrons. The van der Waals surface area contributed by atoms with E-state index in [1.165, 1.54) is 0 Å². The lowest BCUT2D eigenvalue weighted by Crippen LogP contribution is -2.56. The molecule has 1 N–H and O–H groups in total. The Hall–Kier alpha value is -1.81. The van der Waals surface area contributed by atoms with E-state index in [0.29, 0.717) is 43.1 Å². The zero-order valence-corrected chi connectivity index (χ0v) is 24.1. The molecule has 7 nitrogen and oxygen atoms in total. The number of benzene rings is 1. The van der Waals surface area contributed by atoms with E-state index in [2.05, 4.69) is 29.1 Å². The summed E-state index contributed by atoms with van der Waals surface area (Å²) in [4.78, 5) is 47.0. The first-order chi connectivity index (χ1) is 17.7. The summed E-state index contributed by atoms with van der Waals surface area (Å²) < 4.78 is -0.729. The van der Waals surface area contributed by atoms with Crippen LogP contribution in [0.25, 0.3) is 0 Å². The number of anilines is 1. The highest BCUT2D eigenvalue weighted by Gasteiger charge is 2.75. The van der Waals surface area contributed by atoms with E-state index in [0.717, 1.165) is 0 Å². The van der Waals surface area contributed by atoms with Crippen LogP contribution in [-0.2, 0) is 14.4 Å². The molecule has 6 atom stereocenters. The number of aliphatic hydroxyl groups is 1. The van der Waals surface area contributed by atoms with Crippen LogP contribution in [0.3, 0.4) is 0 Å². The van der Waals surface area contributed by atoms with Crippen molar-refractivity contribution in [1.82, 2.24) is 9.80 Å². The highest BCUT2D eigenvalue weighted by atomic mass is 79.9. The molecule has 1 spiro atoms. The SMILES string of the molecule is C=CCN(C)C(=O)[C@H]1[C@@H]2SC3(CC2Br)C(C(=O)N(CC=C)c2ccc(Cl)cc2)N(CCCCO)C(=O)[C@H]13. The van der Waals surface area contributed by atoms with Gasteiger partial charge in [-0.05, 0) is 43.5 Å². The number of nitrogens with zero attached hydrogens (tertiary/aromatic N) is 3. The van der Waals surface area contributed by atoms with Gasteiger partial charge in [0.25, 0.3) is 5.91 Å². The Morgan fingerprint density at radius 3 is 2.51 bits per heavy atom. The monoisotopic (exact) mass is 609 g/mol. The number of likely N-dealkylation sites (tertiary alicyclic amines) is 1. The molecular weight excluding hydrogens is 578 g/mol. The van der Waals surface area contributed by atoms with Gasteiger partial charge in [-0.15, -0.1) is 24.9 Å². The number of hydrogen-bond donors (Lipinski definition) is 1. The average molecular weight is 611 g/mol. The standard InChI is InChI=1S/C27H33BrClN3O4S/c1-4-12-30(3)24(34)20-21-25(35)32(14-6-7-15-33)23(27(21)16-19(28)22(20)37-27)26(36)31(13-5-2)18-10-8-17(29)9-11-18/h4-5,8-11,19-23,33H,1-2,6-7,12-16H2,3H3/t19?,20-,21+,22-,23?,27?/m1/s1. The van der Waals surface area contributed by atoms with Crippen LogP contribution in [0.2, 0.25) is 5.02 Å². The Labute approximate surface area is 236 Å². The number of halogens is 2. The van der Waals surface area contributed by atoms with Crippen molar-refractivity contribution in [3.63, 3.8) is 0 Å². The van der Waals surface area contributed by atoms with E-state index in [9.17, 15) is 19.5 Å². The Morgan fingerprint density at radius 1 is 1.22 bits per heavy atom. The van der Waals surface area contributed by atoms with Crippen molar-refractivity contribution >= 4 is 62.7 Å². The highest BCUT2D eigenvalue weighted by Crippen LogP contribution is 2.68. The Bertz CT molecular complexity index is 1070. The molecule has 3 aliphatic rings. The summed E-state index contributed by atoms with van der Waals surface area (Å²) in [7, 11) is 1.73. The van der Waals surface area contributed by atoms with Crippen molar-refractivity contribution in [3.05, 3.63) is 54.6 Å². The van der Waals surface area contributed by atoms with Crippen molar-refractivity contribution in [3.8, 4) is 0 Å². The van der Waals surface area contributed by atoms with E-state index >= 15 is 0 Å². The maximum absolute atomic E-state index is 14.4. The van der Waals surface area contributed by atoms with E-state index in [-0.39, 0.29) is 41.0 Å². The zero-order valence-electron chi connectivity index (χ0n) is 20.9. The molecule has 37 heavy (non-hydrogen) atoms. The minimum absolute atomic E-state index is 0.00343. The van der Waals surface area contributed by atoms with Crippen molar-refractivity contribution in [2.45, 2.75) is 40.1 Å². The van der Waals surface area contributed by atoms with E-state index in [4.69, 9.17) is 11.6 Å². The Balaban J connectivity index is 1.77. The first-order valence-electron chi connectivity index (χ1n) is 12.5. The first kappa shape index (κ1) is 28.2. The summed E-state index contributed by atoms with van der Waals surface area (Å²) in [6.07, 6.45) is 5.04. The average Bonchev–Trinajstić information content (AvgIpc) is 3.46. The molecule has 4 rings (SSSR count). The minimum Gasteiger partial charge on any atom is -0.396 e. The van der Waals surface area contributed by atoms with E-state index < -0.39 is 22.6 Å². The molecule has 3 unspecified atom stereocenters. The minimum atomic E-state index is -0.739. The number of fused-ring (bicyclic) bond motifs is 1. The number of hydrogen-bond acceptors (Lipinski definition) is 5. The number of amides is 3. The van der Waals surface area contributed by atoms with Crippen LogP contribution in [0.15, 0.2) is 49.6 Å². The van der Waals surface area contributed by atoms with Crippen molar-refractivity contribution < 1.29 is 19.5 Å². The van der Waals surface area contributed by atoms with Crippen LogP contribution in [0.5, 0.6) is 0 Å². The van der Waals surface area contributed by atoms with E-state index in [1.54, 1.807) is 69.9 Å². The second kappa shape index (κ2) is 11.5. The number of unbranched alkanes of at least 4 members (excludes halogenated alkanes) is 1. The molecule has 10 heteroatoms. The zero-order chi connectivity index (χ0) is 26.9. The lowest BCUT2D eigenvalue weighted by atomic mass is 9.70. The van der Waals surface area contributed by atoms with Crippen LogP contribution in [0, 0.1) is 11.8 Å². The molecule has 200 valence electrons. The van der Waals surface area contributed by atoms with Crippen molar-refractivity contribution in [2.24, 2.45) is 11.8 Å². The molecule has 1 aromatic rings. The second-order valence-electron chi connectivity index (χ2n) is 9.85. The van der Waals surface area contributed by atoms with Gasteiger partial charge in [-0.2, -0.15) is 0 Å². The lowest BCUT2D eigenvalue weighted by molar-refractivity contribution is -0.143. The second-order valence-corrected chi connectivity index (χ2v) is 13.0. The fraction of sp³-hybridized carbons (Fsp3) is 0.519. The molecular formula is C27H33BrClN3O4S. The Kier molecular flexibility index (Phi) is 8.78. The third-order valence-electron chi connectivity index (χ3n) is 7.61. The van der Waals surface area contributed by atoms with Gasteiger partial charge in [0, 0.05) is 54.1 Å². The van der Waals surface area contributed by atoms with Crippen LogP contribution in [-0.4, -0.2) is 86.8 Å². The van der Waals surface area contributed by atoms with Crippen molar-refractivity contribution in [1.29, 1.82) is 0 Å². The summed E-state index contributed by atoms with van der Waals surface area (Å²) in [6, 6.07) is 6.30. The molecule has 0 aromatic heterocycles. The van der Waals surface area contributed by atoms with Gasteiger partial charge in [-0.25, -0.2) is 0 Å². The van der Waals surface area contributed by atoms with Crippen LogP contribution >= 0.6 is 39.3 Å². The lowest BCUT2D eigenvalue weighted by Gasteiger charge is -2.38. The number of carbonyl (C=O) groups is 3. The van der Waals surface area contributed by atoms with Gasteiger partial charge >= 0.3 is 0 Å². The van der Waals surface area contributed by atoms with Gasteiger partial charge in [0.05, 0.1) is 16.6 Å². The summed E-state index contributed by atoms with van der Waals surface area (Å²) in [5.74, 6) is -1.55. The smallest absolute Gasteiger partial charge is 0.251 e. The predicted molar refractivity (Wildman–Crippen MR) is 152 cm³/mol. The van der Waals surface area contributed by atoms with Crippen LogP contribution in [0.1, 0.15) is 19.3 Å². The number of rotatable bonds is 11. The van der Waals surface area contributed by atoms with Gasteiger partial charge in [0.2, 0.25) is 11.8 Å². The molecule has 0 saturated carbocycles. The quantitative estimate of drug-likeness (QED) is 0.235. The maximum Gasteiger partial charge on any atom is 0.251 e. The molecule has 3 amide bonds. The Morgan fingerprint density at radius 2 is 1.89 bits per heavy atom. The highest BCUT2D eigenvalue weighted by molar-refractivity contribution is 9.09. The van der Waals surface area contributed by atoms with Gasteiger partial charge in [0.15, 0.2) is 0 Å². The number of thioether (sulfide) groups is 1. The number of alkyl halides is 1. The molecule has 1 aromatic carbocycles. The van der Waals surface area contributed by atoms with Crippen LogP contribution in [0.4, 0.5) is 5.69 Å². The molecule has 3 aliphatic heterocycles. The van der Waals surface area contributed by atoms with Gasteiger partial charge in [0.1, 0.15) is 6.04 Å². The molecule has 2 bridgehead atoms. The number of carbonyl (C=O) groups excluding carboxylic acids is 3. The molecule has 3 saturated heterocycles. The third-order valence-corrected chi connectivity index (χ3v) is 11.1. The van der Waals surface area contributed by atoms with Crippen LogP contribution < -0.4 is 4.90 Å². The molecule has 3 fully saturated rings. The summed E-state index contributed by atoms with van der Waals surface area (Å²) in [5.41, 5.74) is 0.670. The first-order valence-corrected chi connectivity index (χ1v) is 14.7. The summed E-state index contributed by atoms with van der Waals surface area (Å²) in [6.45, 7) is 8.60. The molecule has 3 heterocycles. The fourth-order valence-corrected chi connectivity index (χ4v) is 9.81. The summed E-state index contributed by atoms with van der Waals surface area (Å²) >= 11 is 11.5. The largest absolute Gasteiger partial charge is 0.396 e. The number of likely N-dealkylation sites (N-methyl/N-ethyl adjacent to an activating group) is 1. The molecule has 0 aliphatic carbocycles. The summed E-state index contributed by atoms with van der Waals surface area (Å²) in [5, 5.41) is 9.82. The maximum atomic E-state index is 14.4. The van der Waals surface area contributed by atoms with E-state index in [1.807, 2.05) is 0 Å². The van der Waals surface area contributed by atoms with Gasteiger partial charge in [-0.3, -0.25) is 14.4 Å². The van der Waals surface area contributed by atoms with Gasteiger partial charge < -0.3 is 19.8 Å². The fourth-order valence-electron chi connectivity index (χ4n) is 6.08. The topological polar surface area (TPSA) is 81.2 Å². The van der Waals surface area contributed by atoms with Crippen molar-refractivity contribution in [2.75, 3.05) is 38.2 Å². The predicted octanol–water partition coefficient (Wildman–Crippen LogP) is 3.74. The number of aliphatic hydroxyl groups excluding tert-OH is 1. The third kappa shape index (κ3) is 4.88.